The van der Waals surface area contributed by atoms with E-state index in [2.05, 4.69) is 5.10 Å². The van der Waals surface area contributed by atoms with Gasteiger partial charge in [-0.25, -0.2) is 4.79 Å². The van der Waals surface area contributed by atoms with Crippen molar-refractivity contribution >= 4 is 5.91 Å². The molecule has 7 nitrogen and oxygen atoms in total. The summed E-state index contributed by atoms with van der Waals surface area (Å²) in [5, 5.41) is 4.31. The van der Waals surface area contributed by atoms with E-state index < -0.39 is 17.2 Å². The first-order chi connectivity index (χ1) is 15.9. The van der Waals surface area contributed by atoms with Crippen LogP contribution in [0.2, 0.25) is 0 Å². The summed E-state index contributed by atoms with van der Waals surface area (Å²) >= 11 is 0. The van der Waals surface area contributed by atoms with Crippen LogP contribution in [-0.4, -0.2) is 38.2 Å². The van der Waals surface area contributed by atoms with Crippen molar-refractivity contribution in [3.63, 3.8) is 0 Å². The highest BCUT2D eigenvalue weighted by Crippen LogP contribution is 2.22. The molecule has 0 aliphatic heterocycles. The second kappa shape index (κ2) is 9.57. The second-order valence-electron chi connectivity index (χ2n) is 8.90. The van der Waals surface area contributed by atoms with Crippen molar-refractivity contribution in [1.82, 2.24) is 19.2 Å². The van der Waals surface area contributed by atoms with Crippen LogP contribution in [0.3, 0.4) is 0 Å². The number of carbonyl (C=O) groups is 1. The number of aromatic nitrogens is 3. The van der Waals surface area contributed by atoms with Crippen LogP contribution in [0.4, 0.5) is 0 Å². The Bertz CT molecular complexity index is 1270. The summed E-state index contributed by atoms with van der Waals surface area (Å²) in [5.74, 6) is -0.439. The topological polar surface area (TPSA) is 77.2 Å². The van der Waals surface area contributed by atoms with Crippen LogP contribution in [-0.2, 0) is 6.54 Å². The molecule has 1 heterocycles. The van der Waals surface area contributed by atoms with E-state index in [9.17, 15) is 14.4 Å². The molecule has 1 aliphatic carbocycles. The molecule has 33 heavy (non-hydrogen) atoms. The summed E-state index contributed by atoms with van der Waals surface area (Å²) in [7, 11) is 1.73. The van der Waals surface area contributed by atoms with Gasteiger partial charge in [-0.2, -0.15) is 9.78 Å². The van der Waals surface area contributed by atoms with Gasteiger partial charge in [0.15, 0.2) is 0 Å². The number of carbonyl (C=O) groups excluding carboxylic acids is 1. The molecule has 0 atom stereocenters. The molecule has 1 aliphatic rings. The van der Waals surface area contributed by atoms with E-state index in [1.165, 1.54) is 4.68 Å². The molecule has 0 spiro atoms. The van der Waals surface area contributed by atoms with Crippen molar-refractivity contribution in [2.75, 3.05) is 7.05 Å². The van der Waals surface area contributed by atoms with Gasteiger partial charge in [-0.05, 0) is 55.5 Å². The summed E-state index contributed by atoms with van der Waals surface area (Å²) in [6, 6.07) is 14.9. The SMILES string of the molecule is Cc1ccc(-n2nc(C(=O)N(C)C3CCCCC3)c(=O)n(Cc3ccccc3)c2=O)cc1C. The van der Waals surface area contributed by atoms with Crippen LogP contribution in [0.1, 0.15) is 59.3 Å². The molecule has 0 bridgehead atoms. The highest BCUT2D eigenvalue weighted by Gasteiger charge is 2.28. The molecule has 0 N–H and O–H groups in total. The van der Waals surface area contributed by atoms with E-state index in [0.717, 1.165) is 53.4 Å². The maximum absolute atomic E-state index is 13.4. The van der Waals surface area contributed by atoms with Gasteiger partial charge in [-0.3, -0.25) is 14.2 Å². The highest BCUT2D eigenvalue weighted by atomic mass is 16.2. The molecule has 1 saturated carbocycles. The molecule has 1 fully saturated rings. The maximum atomic E-state index is 13.4. The zero-order valence-electron chi connectivity index (χ0n) is 19.5. The Morgan fingerprint density at radius 3 is 2.36 bits per heavy atom. The summed E-state index contributed by atoms with van der Waals surface area (Å²) < 4.78 is 2.29. The predicted octanol–water partition coefficient (Wildman–Crippen LogP) is 3.46. The lowest BCUT2D eigenvalue weighted by atomic mass is 9.94. The lowest BCUT2D eigenvalue weighted by molar-refractivity contribution is 0.0684. The van der Waals surface area contributed by atoms with Crippen LogP contribution in [0.15, 0.2) is 58.1 Å². The second-order valence-corrected chi connectivity index (χ2v) is 8.90. The Morgan fingerprint density at radius 1 is 1.00 bits per heavy atom. The van der Waals surface area contributed by atoms with Gasteiger partial charge in [0.25, 0.3) is 11.5 Å². The summed E-state index contributed by atoms with van der Waals surface area (Å²) in [6.45, 7) is 4.01. The number of hydrogen-bond acceptors (Lipinski definition) is 4. The van der Waals surface area contributed by atoms with E-state index in [-0.39, 0.29) is 18.3 Å². The predicted molar refractivity (Wildman–Crippen MR) is 128 cm³/mol. The van der Waals surface area contributed by atoms with Crippen LogP contribution < -0.4 is 11.2 Å². The molecule has 1 aromatic heterocycles. The van der Waals surface area contributed by atoms with Crippen LogP contribution in [0.25, 0.3) is 5.69 Å². The van der Waals surface area contributed by atoms with Crippen molar-refractivity contribution < 1.29 is 4.79 Å². The number of hydrogen-bond donors (Lipinski definition) is 0. The van der Waals surface area contributed by atoms with Crippen LogP contribution in [0, 0.1) is 13.8 Å². The van der Waals surface area contributed by atoms with Gasteiger partial charge < -0.3 is 4.90 Å². The fourth-order valence-electron chi connectivity index (χ4n) is 4.38. The van der Waals surface area contributed by atoms with Gasteiger partial charge in [0, 0.05) is 13.1 Å². The normalized spacial score (nSPS) is 14.3. The Hall–Kier alpha value is -3.48. The van der Waals surface area contributed by atoms with Crippen LogP contribution in [0.5, 0.6) is 0 Å². The molecule has 172 valence electrons. The van der Waals surface area contributed by atoms with Gasteiger partial charge in [-0.15, -0.1) is 0 Å². The van der Waals surface area contributed by atoms with Crippen molar-refractivity contribution in [2.24, 2.45) is 0 Å². The first-order valence-corrected chi connectivity index (χ1v) is 11.5. The van der Waals surface area contributed by atoms with Crippen molar-refractivity contribution in [3.05, 3.63) is 91.8 Å². The average molecular weight is 447 g/mol. The molecular weight excluding hydrogens is 416 g/mol. The van der Waals surface area contributed by atoms with Gasteiger partial charge in [0.1, 0.15) is 0 Å². The molecule has 0 saturated heterocycles. The summed E-state index contributed by atoms with van der Waals surface area (Å²) in [5.41, 5.74) is 1.96. The van der Waals surface area contributed by atoms with Crippen molar-refractivity contribution in [2.45, 2.75) is 58.5 Å². The minimum Gasteiger partial charge on any atom is -0.337 e. The number of benzene rings is 2. The standard InChI is InChI=1S/C26H30N4O3/c1-18-14-15-22(16-19(18)2)30-26(33)29(17-20-10-6-4-7-11-20)25(32)23(27-30)24(31)28(3)21-12-8-5-9-13-21/h4,6-7,10-11,14-16,21H,5,8-9,12-13,17H2,1-3H3. The number of aryl methyl sites for hydroxylation is 2. The third-order valence-electron chi connectivity index (χ3n) is 6.62. The zero-order chi connectivity index (χ0) is 23.5. The zero-order valence-corrected chi connectivity index (χ0v) is 19.5. The quantitative estimate of drug-likeness (QED) is 0.601. The van der Waals surface area contributed by atoms with Gasteiger partial charge >= 0.3 is 5.69 Å². The average Bonchev–Trinajstić information content (AvgIpc) is 2.84. The minimum absolute atomic E-state index is 0.0687. The molecule has 3 aromatic rings. The fraction of sp³-hybridized carbons (Fsp3) is 0.385. The van der Waals surface area contributed by atoms with E-state index in [0.29, 0.717) is 5.69 Å². The number of amides is 1. The van der Waals surface area contributed by atoms with E-state index in [1.54, 1.807) is 18.0 Å². The molecule has 7 heteroatoms. The van der Waals surface area contributed by atoms with Gasteiger partial charge in [0.2, 0.25) is 5.69 Å². The molecular formula is C26H30N4O3. The molecule has 2 aromatic carbocycles. The highest BCUT2D eigenvalue weighted by molar-refractivity contribution is 5.91. The molecule has 1 amide bonds. The fourth-order valence-corrected chi connectivity index (χ4v) is 4.38. The van der Waals surface area contributed by atoms with E-state index >= 15 is 0 Å². The first kappa shape index (κ1) is 22.7. The number of rotatable bonds is 5. The van der Waals surface area contributed by atoms with Gasteiger partial charge in [-0.1, -0.05) is 55.7 Å². The van der Waals surface area contributed by atoms with Crippen molar-refractivity contribution in [1.29, 1.82) is 0 Å². The number of nitrogens with zero attached hydrogens (tertiary/aromatic N) is 4. The minimum atomic E-state index is -0.656. The van der Waals surface area contributed by atoms with E-state index in [1.807, 2.05) is 56.3 Å². The van der Waals surface area contributed by atoms with Crippen molar-refractivity contribution in [3.8, 4) is 5.69 Å². The maximum Gasteiger partial charge on any atom is 0.352 e. The smallest absolute Gasteiger partial charge is 0.337 e. The summed E-state index contributed by atoms with van der Waals surface area (Å²) in [4.78, 5) is 41.8. The van der Waals surface area contributed by atoms with E-state index in [4.69, 9.17) is 0 Å². The van der Waals surface area contributed by atoms with Gasteiger partial charge in [0.05, 0.1) is 12.2 Å². The molecule has 0 unspecified atom stereocenters. The lowest BCUT2D eigenvalue weighted by Crippen LogP contribution is -2.48. The lowest BCUT2D eigenvalue weighted by Gasteiger charge is -2.30. The third kappa shape index (κ3) is 4.67. The summed E-state index contributed by atoms with van der Waals surface area (Å²) in [6.07, 6.45) is 5.12. The van der Waals surface area contributed by atoms with Crippen LogP contribution >= 0.6 is 0 Å². The monoisotopic (exact) mass is 446 g/mol. The Kier molecular flexibility index (Phi) is 6.58. The largest absolute Gasteiger partial charge is 0.352 e. The third-order valence-corrected chi connectivity index (χ3v) is 6.62. The Morgan fingerprint density at radius 2 is 1.70 bits per heavy atom. The Labute approximate surface area is 193 Å². The molecule has 4 rings (SSSR count). The first-order valence-electron chi connectivity index (χ1n) is 11.5. The Balaban J connectivity index is 1.85. The molecule has 0 radical (unpaired) electrons.